The minimum absolute atomic E-state index is 0.0259. The molecule has 2 aromatic rings. The normalized spacial score (nSPS) is 11.3. The third kappa shape index (κ3) is 6.01. The number of rotatable bonds is 8. The zero-order valence-corrected chi connectivity index (χ0v) is 18.2. The lowest BCUT2D eigenvalue weighted by Gasteiger charge is -2.23. The first-order chi connectivity index (χ1) is 12.3. The molecule has 0 aromatic heterocycles. The van der Waals surface area contributed by atoms with Gasteiger partial charge in [0, 0.05) is 15.7 Å². The molecule has 0 spiro atoms. The summed E-state index contributed by atoms with van der Waals surface area (Å²) in [4.78, 5) is 12.1. The van der Waals surface area contributed by atoms with Crippen molar-refractivity contribution in [3.05, 3.63) is 57.2 Å². The van der Waals surface area contributed by atoms with Gasteiger partial charge in [0.05, 0.1) is 6.61 Å². The van der Waals surface area contributed by atoms with Crippen molar-refractivity contribution in [2.24, 2.45) is 0 Å². The number of hydrogen-bond donors (Lipinski definition) is 1. The molecule has 1 amide bonds. The molecule has 2 aromatic carbocycles. The molecule has 0 heterocycles. The van der Waals surface area contributed by atoms with E-state index in [1.54, 1.807) is 0 Å². The standard InChI is InChI=1S/C22H28INO2/c1-5-22(3,4)17-8-11-19(12-9-17)26-14-6-7-21(25)24-20-13-10-18(23)15-16(20)2/h8-13,15H,5-7,14H2,1-4H3,(H,24,25). The van der Waals surface area contributed by atoms with Crippen molar-refractivity contribution < 1.29 is 9.53 Å². The second kappa shape index (κ2) is 9.40. The molecule has 0 aliphatic heterocycles. The highest BCUT2D eigenvalue weighted by molar-refractivity contribution is 14.1. The van der Waals surface area contributed by atoms with Gasteiger partial charge in [-0.15, -0.1) is 0 Å². The average Bonchev–Trinajstić information content (AvgIpc) is 2.61. The van der Waals surface area contributed by atoms with Gasteiger partial charge < -0.3 is 10.1 Å². The van der Waals surface area contributed by atoms with Crippen molar-refractivity contribution in [1.29, 1.82) is 0 Å². The molecule has 1 N–H and O–H groups in total. The predicted molar refractivity (Wildman–Crippen MR) is 117 cm³/mol. The lowest BCUT2D eigenvalue weighted by Crippen LogP contribution is -2.15. The van der Waals surface area contributed by atoms with E-state index in [1.165, 1.54) is 9.13 Å². The Hall–Kier alpha value is -1.56. The molecule has 0 unspecified atom stereocenters. The number of hydrogen-bond acceptors (Lipinski definition) is 2. The number of aryl methyl sites for hydroxylation is 1. The molecule has 0 fully saturated rings. The fourth-order valence-electron chi connectivity index (χ4n) is 2.61. The van der Waals surface area contributed by atoms with Crippen LogP contribution in [0.3, 0.4) is 0 Å². The van der Waals surface area contributed by atoms with Gasteiger partial charge in [-0.05, 0) is 89.2 Å². The molecule has 0 aliphatic rings. The minimum Gasteiger partial charge on any atom is -0.494 e. The summed E-state index contributed by atoms with van der Waals surface area (Å²) in [5.41, 5.74) is 3.46. The Balaban J connectivity index is 1.75. The lowest BCUT2D eigenvalue weighted by molar-refractivity contribution is -0.116. The summed E-state index contributed by atoms with van der Waals surface area (Å²) in [5, 5.41) is 2.97. The van der Waals surface area contributed by atoms with E-state index in [9.17, 15) is 4.79 Å². The number of anilines is 1. The molecule has 26 heavy (non-hydrogen) atoms. The Kier molecular flexibility index (Phi) is 7.50. The van der Waals surface area contributed by atoms with E-state index >= 15 is 0 Å². The highest BCUT2D eigenvalue weighted by Crippen LogP contribution is 2.28. The van der Waals surface area contributed by atoms with Gasteiger partial charge >= 0.3 is 0 Å². The van der Waals surface area contributed by atoms with Crippen molar-refractivity contribution >= 4 is 34.2 Å². The second-order valence-electron chi connectivity index (χ2n) is 7.22. The summed E-state index contributed by atoms with van der Waals surface area (Å²) >= 11 is 2.27. The summed E-state index contributed by atoms with van der Waals surface area (Å²) in [6, 6.07) is 14.3. The van der Waals surface area contributed by atoms with Crippen LogP contribution < -0.4 is 10.1 Å². The van der Waals surface area contributed by atoms with Gasteiger partial charge in [-0.2, -0.15) is 0 Å². The van der Waals surface area contributed by atoms with Crippen LogP contribution in [-0.4, -0.2) is 12.5 Å². The van der Waals surface area contributed by atoms with Crippen LogP contribution in [0.5, 0.6) is 5.75 Å². The molecule has 0 saturated carbocycles. The van der Waals surface area contributed by atoms with Crippen LogP contribution in [0, 0.1) is 10.5 Å². The summed E-state index contributed by atoms with van der Waals surface area (Å²) in [7, 11) is 0. The lowest BCUT2D eigenvalue weighted by atomic mass is 9.82. The minimum atomic E-state index is 0.0259. The average molecular weight is 465 g/mol. The van der Waals surface area contributed by atoms with Gasteiger partial charge in [0.2, 0.25) is 5.91 Å². The quantitative estimate of drug-likeness (QED) is 0.379. The molecule has 4 heteroatoms. The van der Waals surface area contributed by atoms with Crippen molar-refractivity contribution in [2.75, 3.05) is 11.9 Å². The topological polar surface area (TPSA) is 38.3 Å². The molecule has 2 rings (SSSR count). The Morgan fingerprint density at radius 3 is 2.46 bits per heavy atom. The summed E-state index contributed by atoms with van der Waals surface area (Å²) < 4.78 is 6.93. The first kappa shape index (κ1) is 20.7. The largest absolute Gasteiger partial charge is 0.494 e. The molecule has 0 radical (unpaired) electrons. The molecule has 3 nitrogen and oxygen atoms in total. The van der Waals surface area contributed by atoms with Gasteiger partial charge in [-0.25, -0.2) is 0 Å². The maximum Gasteiger partial charge on any atom is 0.224 e. The predicted octanol–water partition coefficient (Wildman–Crippen LogP) is 6.08. The van der Waals surface area contributed by atoms with Crippen molar-refractivity contribution in [1.82, 2.24) is 0 Å². The Morgan fingerprint density at radius 1 is 1.15 bits per heavy atom. The molecule has 0 aliphatic carbocycles. The summed E-state index contributed by atoms with van der Waals surface area (Å²) in [5.74, 6) is 0.882. The van der Waals surface area contributed by atoms with Crippen LogP contribution in [0.1, 0.15) is 51.2 Å². The number of carbonyl (C=O) groups excluding carboxylic acids is 1. The number of halogens is 1. The van der Waals surface area contributed by atoms with Gasteiger partial charge in [0.25, 0.3) is 0 Å². The fraction of sp³-hybridized carbons (Fsp3) is 0.409. The molecule has 0 saturated heterocycles. The van der Waals surface area contributed by atoms with E-state index < -0.39 is 0 Å². The van der Waals surface area contributed by atoms with E-state index in [1.807, 2.05) is 31.2 Å². The number of carbonyl (C=O) groups is 1. The number of nitrogens with one attached hydrogen (secondary N) is 1. The van der Waals surface area contributed by atoms with Crippen LogP contribution in [0.2, 0.25) is 0 Å². The highest BCUT2D eigenvalue weighted by atomic mass is 127. The molecular formula is C22H28INO2. The molecule has 0 bridgehead atoms. The van der Waals surface area contributed by atoms with Crippen LogP contribution in [0.25, 0.3) is 0 Å². The van der Waals surface area contributed by atoms with Crippen molar-refractivity contribution in [2.45, 2.75) is 52.4 Å². The first-order valence-electron chi connectivity index (χ1n) is 9.11. The van der Waals surface area contributed by atoms with Gasteiger partial charge in [-0.1, -0.05) is 32.9 Å². The highest BCUT2D eigenvalue weighted by Gasteiger charge is 2.17. The Labute approximate surface area is 170 Å². The van der Waals surface area contributed by atoms with Gasteiger partial charge in [0.1, 0.15) is 5.75 Å². The van der Waals surface area contributed by atoms with E-state index in [-0.39, 0.29) is 11.3 Å². The maximum atomic E-state index is 12.1. The Bertz CT molecular complexity index is 738. The summed E-state index contributed by atoms with van der Waals surface area (Å²) in [6.45, 7) is 9.24. The number of ether oxygens (including phenoxy) is 1. The van der Waals surface area contributed by atoms with Crippen LogP contribution in [-0.2, 0) is 10.2 Å². The van der Waals surface area contributed by atoms with Gasteiger partial charge in [-0.3, -0.25) is 4.79 Å². The van der Waals surface area contributed by atoms with E-state index in [2.05, 4.69) is 66.9 Å². The second-order valence-corrected chi connectivity index (χ2v) is 8.47. The van der Waals surface area contributed by atoms with Crippen LogP contribution in [0.15, 0.2) is 42.5 Å². The monoisotopic (exact) mass is 465 g/mol. The fourth-order valence-corrected chi connectivity index (χ4v) is 3.26. The third-order valence-corrected chi connectivity index (χ3v) is 5.47. The van der Waals surface area contributed by atoms with Crippen molar-refractivity contribution in [3.63, 3.8) is 0 Å². The third-order valence-electron chi connectivity index (χ3n) is 4.80. The van der Waals surface area contributed by atoms with Crippen LogP contribution >= 0.6 is 22.6 Å². The van der Waals surface area contributed by atoms with E-state index in [0.717, 1.165) is 23.4 Å². The van der Waals surface area contributed by atoms with Gasteiger partial charge in [0.15, 0.2) is 0 Å². The smallest absolute Gasteiger partial charge is 0.224 e. The molecule has 140 valence electrons. The van der Waals surface area contributed by atoms with E-state index in [4.69, 9.17) is 4.74 Å². The van der Waals surface area contributed by atoms with Crippen LogP contribution in [0.4, 0.5) is 5.69 Å². The zero-order chi connectivity index (χ0) is 19.2. The Morgan fingerprint density at radius 2 is 1.85 bits per heavy atom. The zero-order valence-electron chi connectivity index (χ0n) is 16.1. The summed E-state index contributed by atoms with van der Waals surface area (Å²) in [6.07, 6.45) is 2.24. The van der Waals surface area contributed by atoms with Crippen molar-refractivity contribution in [3.8, 4) is 5.75 Å². The number of benzene rings is 2. The molecule has 0 atom stereocenters. The van der Waals surface area contributed by atoms with E-state index in [0.29, 0.717) is 19.4 Å². The number of amides is 1. The first-order valence-corrected chi connectivity index (χ1v) is 10.2. The maximum absolute atomic E-state index is 12.1. The molecular weight excluding hydrogens is 437 g/mol. The SMILES string of the molecule is CCC(C)(C)c1ccc(OCCCC(=O)Nc2ccc(I)cc2C)cc1.